The molecule has 2 fully saturated rings. The van der Waals surface area contributed by atoms with Crippen molar-refractivity contribution in [3.63, 3.8) is 0 Å². The fourth-order valence-electron chi connectivity index (χ4n) is 6.34. The Balaban J connectivity index is 1.36. The first-order valence-corrected chi connectivity index (χ1v) is 17.0. The van der Waals surface area contributed by atoms with Crippen LogP contribution in [0.5, 0.6) is 0 Å². The third-order valence-corrected chi connectivity index (χ3v) is 11.1. The lowest BCUT2D eigenvalue weighted by Gasteiger charge is -2.41. The highest BCUT2D eigenvalue weighted by Crippen LogP contribution is 2.36. The van der Waals surface area contributed by atoms with Gasteiger partial charge in [-0.1, -0.05) is 23.0 Å². The molecule has 0 aromatic heterocycles. The second-order valence-corrected chi connectivity index (χ2v) is 14.1. The van der Waals surface area contributed by atoms with E-state index in [-0.39, 0.29) is 47.2 Å². The number of ether oxygens (including phenoxy) is 1. The third-order valence-electron chi connectivity index (χ3n) is 8.64. The van der Waals surface area contributed by atoms with Crippen LogP contribution in [0.2, 0.25) is 0 Å². The zero-order valence-corrected chi connectivity index (χ0v) is 26.7. The number of rotatable bonds is 13. The Morgan fingerprint density at radius 1 is 1.00 bits per heavy atom. The minimum atomic E-state index is -3.52. The Labute approximate surface area is 272 Å². The van der Waals surface area contributed by atoms with Crippen LogP contribution in [-0.2, 0) is 26.0 Å². The van der Waals surface area contributed by atoms with Gasteiger partial charge in [0.1, 0.15) is 23.3 Å². The van der Waals surface area contributed by atoms with Crippen molar-refractivity contribution in [1.29, 1.82) is 0 Å². The van der Waals surface area contributed by atoms with Gasteiger partial charge < -0.3 is 15.4 Å². The molecule has 0 radical (unpaired) electrons. The average Bonchev–Trinajstić information content (AvgIpc) is 3.88. The first-order valence-electron chi connectivity index (χ1n) is 15.4. The zero-order valence-electron chi connectivity index (χ0n) is 25.8. The van der Waals surface area contributed by atoms with E-state index in [4.69, 9.17) is 11.3 Å². The number of hydrogen-bond donors (Lipinski definition) is 2. The summed E-state index contributed by atoms with van der Waals surface area (Å²) in [6, 6.07) is 9.82. The fraction of sp³-hybridized carbons (Fsp3) is 0.412. The summed E-state index contributed by atoms with van der Waals surface area (Å²) in [7, 11) is -1.99. The SMILES string of the molecule is C#[N+]C(C(=O)Nc1cccc(F)c1CCCC1CNCC(COC)N1S(=O)(=O)C1CC1)C(c1ccc(F)cc1)c1cc(F)cc(F)c1. The summed E-state index contributed by atoms with van der Waals surface area (Å²) in [6.07, 6.45) is 2.26. The number of methoxy groups -OCH3 is 1. The molecular weight excluding hydrogens is 636 g/mol. The minimum absolute atomic E-state index is 0.0431. The predicted molar refractivity (Wildman–Crippen MR) is 171 cm³/mol. The number of benzene rings is 3. The van der Waals surface area contributed by atoms with Crippen LogP contribution >= 0.6 is 0 Å². The number of amides is 1. The maximum absolute atomic E-state index is 15.3. The number of anilines is 1. The summed E-state index contributed by atoms with van der Waals surface area (Å²) >= 11 is 0. The molecule has 1 amide bonds. The van der Waals surface area contributed by atoms with Gasteiger partial charge in [0.2, 0.25) is 10.0 Å². The van der Waals surface area contributed by atoms with Gasteiger partial charge in [0, 0.05) is 43.6 Å². The van der Waals surface area contributed by atoms with Crippen LogP contribution in [-0.4, -0.2) is 68.8 Å². The molecule has 13 heteroatoms. The van der Waals surface area contributed by atoms with E-state index >= 15 is 4.39 Å². The Hall–Kier alpha value is -3.83. The van der Waals surface area contributed by atoms with Crippen LogP contribution in [0.15, 0.2) is 60.7 Å². The molecule has 0 bridgehead atoms. The molecule has 2 aliphatic rings. The Kier molecular flexibility index (Phi) is 11.0. The van der Waals surface area contributed by atoms with Gasteiger partial charge in [0.05, 0.1) is 23.8 Å². The number of halogens is 4. The molecule has 4 atom stereocenters. The van der Waals surface area contributed by atoms with Crippen LogP contribution < -0.4 is 10.6 Å². The van der Waals surface area contributed by atoms with E-state index in [0.29, 0.717) is 50.4 Å². The molecule has 3 aromatic carbocycles. The largest absolute Gasteiger partial charge is 0.383 e. The van der Waals surface area contributed by atoms with Gasteiger partial charge in [0.25, 0.3) is 6.57 Å². The van der Waals surface area contributed by atoms with Crippen molar-refractivity contribution < 1.29 is 35.5 Å². The average molecular weight is 674 g/mol. The second-order valence-electron chi connectivity index (χ2n) is 12.0. The van der Waals surface area contributed by atoms with Crippen LogP contribution in [0.1, 0.15) is 48.3 Å². The number of carbonyl (C=O) groups is 1. The summed E-state index contributed by atoms with van der Waals surface area (Å²) in [5.74, 6) is -4.80. The van der Waals surface area contributed by atoms with Crippen LogP contribution in [0, 0.1) is 29.8 Å². The summed E-state index contributed by atoms with van der Waals surface area (Å²) in [5, 5.41) is 5.58. The highest BCUT2D eigenvalue weighted by atomic mass is 32.2. The first-order chi connectivity index (χ1) is 22.5. The van der Waals surface area contributed by atoms with Gasteiger partial charge in [-0.05, 0) is 79.6 Å². The van der Waals surface area contributed by atoms with Crippen LogP contribution in [0.3, 0.4) is 0 Å². The Bertz CT molecular complexity index is 1710. The molecule has 47 heavy (non-hydrogen) atoms. The Morgan fingerprint density at radius 3 is 2.32 bits per heavy atom. The van der Waals surface area contributed by atoms with E-state index in [9.17, 15) is 26.4 Å². The van der Waals surface area contributed by atoms with E-state index in [2.05, 4.69) is 15.5 Å². The molecule has 1 heterocycles. The summed E-state index contributed by atoms with van der Waals surface area (Å²) in [6.45, 7) is 6.86. The summed E-state index contributed by atoms with van der Waals surface area (Å²) in [4.78, 5) is 17.5. The molecule has 250 valence electrons. The van der Waals surface area contributed by atoms with Gasteiger partial charge >= 0.3 is 11.9 Å². The quantitative estimate of drug-likeness (QED) is 0.236. The molecule has 1 aliphatic carbocycles. The number of nitrogens with one attached hydrogen (secondary N) is 2. The van der Waals surface area contributed by atoms with E-state index < -0.39 is 51.2 Å². The molecule has 1 saturated heterocycles. The van der Waals surface area contributed by atoms with Crippen molar-refractivity contribution in [3.8, 4) is 6.57 Å². The number of piperazine rings is 1. The number of carbonyl (C=O) groups excluding carboxylic acids is 1. The Morgan fingerprint density at radius 2 is 1.68 bits per heavy atom. The van der Waals surface area contributed by atoms with Gasteiger partial charge in [-0.2, -0.15) is 4.31 Å². The highest BCUT2D eigenvalue weighted by Gasteiger charge is 2.47. The monoisotopic (exact) mass is 673 g/mol. The topological polar surface area (TPSA) is 92.1 Å². The molecule has 1 saturated carbocycles. The molecule has 4 unspecified atom stereocenters. The standard InChI is InChI=1S/C34H36F4N4O4S/c1-39-33(32(21-9-11-23(35)12-10-21)22-15-24(36)17-25(37)16-22)34(43)41-31-8-4-7-30(38)29(31)6-3-5-26-18-40-19-27(20-46-2)42(26)47(44,45)28-13-14-28/h1,4,7-12,15-17,26-28,32-33,40H,3,5-6,13-14,18-20H2,2H3/p+1. The summed E-state index contributed by atoms with van der Waals surface area (Å²) < 4.78 is 91.2. The number of hydrogen-bond acceptors (Lipinski definition) is 5. The van der Waals surface area contributed by atoms with E-state index in [1.54, 1.807) is 4.31 Å². The molecule has 2 N–H and O–H groups in total. The maximum Gasteiger partial charge on any atom is 0.359 e. The number of sulfonamides is 1. The van der Waals surface area contributed by atoms with Crippen molar-refractivity contribution in [3.05, 3.63) is 105 Å². The van der Waals surface area contributed by atoms with Crippen molar-refractivity contribution in [1.82, 2.24) is 9.62 Å². The second kappa shape index (κ2) is 14.9. The fourth-order valence-corrected chi connectivity index (χ4v) is 8.56. The lowest BCUT2D eigenvalue weighted by Crippen LogP contribution is -2.61. The smallest absolute Gasteiger partial charge is 0.359 e. The molecule has 5 rings (SSSR count). The van der Waals surface area contributed by atoms with Gasteiger partial charge in [-0.25, -0.2) is 26.0 Å². The lowest BCUT2D eigenvalue weighted by molar-refractivity contribution is -0.116. The zero-order chi connectivity index (χ0) is 33.7. The van der Waals surface area contributed by atoms with E-state index in [0.717, 1.165) is 24.3 Å². The molecule has 8 nitrogen and oxygen atoms in total. The lowest BCUT2D eigenvalue weighted by atomic mass is 9.84. The highest BCUT2D eigenvalue weighted by molar-refractivity contribution is 7.90. The van der Waals surface area contributed by atoms with Crippen molar-refractivity contribution >= 4 is 21.6 Å². The van der Waals surface area contributed by atoms with Crippen molar-refractivity contribution in [2.24, 2.45) is 0 Å². The first kappa shape index (κ1) is 34.5. The van der Waals surface area contributed by atoms with E-state index in [1.165, 1.54) is 37.4 Å². The predicted octanol–water partition coefficient (Wildman–Crippen LogP) is 5.45. The van der Waals surface area contributed by atoms with Crippen molar-refractivity contribution in [2.45, 2.75) is 61.4 Å². The van der Waals surface area contributed by atoms with Crippen LogP contribution in [0.25, 0.3) is 4.85 Å². The molecule has 1 aliphatic heterocycles. The maximum atomic E-state index is 15.3. The van der Waals surface area contributed by atoms with Crippen LogP contribution in [0.4, 0.5) is 23.2 Å². The minimum Gasteiger partial charge on any atom is -0.383 e. The third kappa shape index (κ3) is 8.01. The van der Waals surface area contributed by atoms with E-state index in [1.807, 2.05) is 0 Å². The van der Waals surface area contributed by atoms with Gasteiger partial charge in [-0.3, -0.25) is 4.79 Å². The van der Waals surface area contributed by atoms with Gasteiger partial charge in [0.15, 0.2) is 0 Å². The molecule has 3 aromatic rings. The molecular formula is C34H37F4N4O4S+. The molecule has 0 spiro atoms. The van der Waals surface area contributed by atoms with Crippen molar-refractivity contribution in [2.75, 3.05) is 32.1 Å². The van der Waals surface area contributed by atoms with Gasteiger partial charge in [-0.15, -0.1) is 0 Å². The number of nitrogens with zero attached hydrogens (tertiary/aromatic N) is 2. The summed E-state index contributed by atoms with van der Waals surface area (Å²) in [5.41, 5.74) is 0.708. The normalized spacial score (nSPS) is 19.9.